The molecule has 0 aliphatic heterocycles. The smallest absolute Gasteiger partial charge is 0.236 e. The maximum Gasteiger partial charge on any atom is 0.236 e. The summed E-state index contributed by atoms with van der Waals surface area (Å²) < 4.78 is 0. The molecule has 4 heteroatoms. The Balaban J connectivity index is 3.85. The third-order valence-corrected chi connectivity index (χ3v) is 1.56. The summed E-state index contributed by atoms with van der Waals surface area (Å²) in [5, 5.41) is 8.64. The topological polar surface area (TPSA) is 43.8 Å². The summed E-state index contributed by atoms with van der Waals surface area (Å²) in [4.78, 5) is 14.8. The molecular formula is C8H18N2O2. The molecule has 12 heavy (non-hydrogen) atoms. The number of hydrogen-bond acceptors (Lipinski definition) is 3. The average molecular weight is 174 g/mol. The lowest BCUT2D eigenvalue weighted by molar-refractivity contribution is -0.132. The zero-order valence-corrected chi connectivity index (χ0v) is 8.08. The molecule has 0 bridgehead atoms. The summed E-state index contributed by atoms with van der Waals surface area (Å²) in [7, 11) is 3.70. The van der Waals surface area contributed by atoms with Gasteiger partial charge in [-0.3, -0.25) is 4.79 Å². The van der Waals surface area contributed by atoms with Crippen LogP contribution in [0.15, 0.2) is 0 Å². The minimum atomic E-state index is 0.0347. The second-order valence-corrected chi connectivity index (χ2v) is 2.93. The van der Waals surface area contributed by atoms with E-state index in [0.29, 0.717) is 19.6 Å². The van der Waals surface area contributed by atoms with Crippen LogP contribution in [0.2, 0.25) is 0 Å². The quantitative estimate of drug-likeness (QED) is 0.604. The number of likely N-dealkylation sites (N-methyl/N-ethyl adjacent to an activating group) is 2. The Bertz CT molecular complexity index is 137. The molecule has 0 saturated carbocycles. The molecule has 0 aromatic heterocycles. The molecular weight excluding hydrogens is 156 g/mol. The molecule has 0 rings (SSSR count). The molecule has 0 unspecified atom stereocenters. The van der Waals surface area contributed by atoms with Crippen LogP contribution in [-0.2, 0) is 4.79 Å². The lowest BCUT2D eigenvalue weighted by Gasteiger charge is -2.21. The lowest BCUT2D eigenvalue weighted by Crippen LogP contribution is -2.39. The lowest BCUT2D eigenvalue weighted by atomic mass is 10.4. The molecule has 0 heterocycles. The molecule has 1 N–H and O–H groups in total. The minimum absolute atomic E-state index is 0.0347. The third-order valence-electron chi connectivity index (χ3n) is 1.56. The van der Waals surface area contributed by atoms with Crippen molar-refractivity contribution in [3.05, 3.63) is 0 Å². The van der Waals surface area contributed by atoms with E-state index in [4.69, 9.17) is 5.11 Å². The van der Waals surface area contributed by atoms with Gasteiger partial charge in [0.05, 0.1) is 13.2 Å². The average Bonchev–Trinajstić information content (AvgIpc) is 1.98. The fourth-order valence-corrected chi connectivity index (χ4v) is 0.950. The van der Waals surface area contributed by atoms with Crippen LogP contribution < -0.4 is 0 Å². The van der Waals surface area contributed by atoms with E-state index in [1.54, 1.807) is 4.90 Å². The highest BCUT2D eigenvalue weighted by atomic mass is 16.3. The Morgan fingerprint density at radius 2 is 2.00 bits per heavy atom. The fraction of sp³-hybridized carbons (Fsp3) is 0.875. The van der Waals surface area contributed by atoms with Crippen LogP contribution in [-0.4, -0.2) is 61.2 Å². The van der Waals surface area contributed by atoms with E-state index >= 15 is 0 Å². The number of hydrogen-bond donors (Lipinski definition) is 1. The summed E-state index contributed by atoms with van der Waals surface area (Å²) in [5.74, 6) is 0.0663. The second kappa shape index (κ2) is 5.97. The van der Waals surface area contributed by atoms with E-state index in [1.165, 1.54) is 0 Å². The van der Waals surface area contributed by atoms with Crippen molar-refractivity contribution >= 4 is 5.91 Å². The largest absolute Gasteiger partial charge is 0.395 e. The van der Waals surface area contributed by atoms with Crippen molar-refractivity contribution in [3.63, 3.8) is 0 Å². The molecule has 1 amide bonds. The number of rotatable bonds is 5. The van der Waals surface area contributed by atoms with Gasteiger partial charge in [-0.1, -0.05) is 0 Å². The van der Waals surface area contributed by atoms with Crippen molar-refractivity contribution in [1.82, 2.24) is 9.80 Å². The van der Waals surface area contributed by atoms with Crippen molar-refractivity contribution in [2.45, 2.75) is 6.92 Å². The van der Waals surface area contributed by atoms with Crippen LogP contribution in [0, 0.1) is 0 Å². The van der Waals surface area contributed by atoms with Crippen LogP contribution in [0.25, 0.3) is 0 Å². The Morgan fingerprint density at radius 1 is 1.42 bits per heavy atom. The van der Waals surface area contributed by atoms with E-state index < -0.39 is 0 Å². The molecule has 72 valence electrons. The molecule has 0 fully saturated rings. The normalized spacial score (nSPS) is 10.4. The third kappa shape index (κ3) is 4.31. The summed E-state index contributed by atoms with van der Waals surface area (Å²) in [6.07, 6.45) is 0. The van der Waals surface area contributed by atoms with Gasteiger partial charge in [-0.15, -0.1) is 0 Å². The van der Waals surface area contributed by atoms with Crippen LogP contribution in [0.1, 0.15) is 6.92 Å². The van der Waals surface area contributed by atoms with E-state index in [1.807, 2.05) is 25.9 Å². The minimum Gasteiger partial charge on any atom is -0.395 e. The Kier molecular flexibility index (Phi) is 5.66. The summed E-state index contributed by atoms with van der Waals surface area (Å²) in [5.41, 5.74) is 0. The first kappa shape index (κ1) is 11.4. The van der Waals surface area contributed by atoms with Gasteiger partial charge in [-0.25, -0.2) is 0 Å². The molecule has 0 saturated heterocycles. The maximum absolute atomic E-state index is 11.3. The van der Waals surface area contributed by atoms with Gasteiger partial charge >= 0.3 is 0 Å². The fourth-order valence-electron chi connectivity index (χ4n) is 0.950. The van der Waals surface area contributed by atoms with Gasteiger partial charge in [-0.05, 0) is 21.0 Å². The van der Waals surface area contributed by atoms with Gasteiger partial charge in [-0.2, -0.15) is 0 Å². The van der Waals surface area contributed by atoms with Crippen molar-refractivity contribution < 1.29 is 9.90 Å². The number of aliphatic hydroxyl groups is 1. The van der Waals surface area contributed by atoms with Gasteiger partial charge in [0.1, 0.15) is 0 Å². The number of nitrogens with zero attached hydrogens (tertiary/aromatic N) is 2. The zero-order valence-electron chi connectivity index (χ0n) is 8.08. The zero-order chi connectivity index (χ0) is 9.56. The number of amides is 1. The predicted octanol–water partition coefficient (Wildman–Crippen LogP) is -0.611. The van der Waals surface area contributed by atoms with Crippen LogP contribution in [0.4, 0.5) is 0 Å². The van der Waals surface area contributed by atoms with Crippen LogP contribution in [0.5, 0.6) is 0 Å². The van der Waals surface area contributed by atoms with Crippen molar-refractivity contribution in [3.8, 4) is 0 Å². The molecule has 0 spiro atoms. The van der Waals surface area contributed by atoms with E-state index in [-0.39, 0.29) is 12.5 Å². The molecule has 0 atom stereocenters. The van der Waals surface area contributed by atoms with Crippen molar-refractivity contribution in [1.29, 1.82) is 0 Å². The second-order valence-electron chi connectivity index (χ2n) is 2.93. The highest BCUT2D eigenvalue weighted by Crippen LogP contribution is 1.89. The Morgan fingerprint density at radius 3 is 2.33 bits per heavy atom. The standard InChI is InChI=1S/C8H18N2O2/c1-4-10(5-6-11)8(12)7-9(2)3/h11H,4-7H2,1-3H3. The first-order valence-corrected chi connectivity index (χ1v) is 4.15. The Labute approximate surface area is 73.8 Å². The maximum atomic E-state index is 11.3. The van der Waals surface area contributed by atoms with E-state index in [0.717, 1.165) is 0 Å². The molecule has 0 aromatic rings. The molecule has 0 radical (unpaired) electrons. The molecule has 0 aliphatic rings. The predicted molar refractivity (Wildman–Crippen MR) is 47.9 cm³/mol. The first-order chi connectivity index (χ1) is 5.61. The van der Waals surface area contributed by atoms with E-state index in [2.05, 4.69) is 0 Å². The highest BCUT2D eigenvalue weighted by Gasteiger charge is 2.10. The van der Waals surface area contributed by atoms with Crippen LogP contribution >= 0.6 is 0 Å². The van der Waals surface area contributed by atoms with Crippen molar-refractivity contribution in [2.75, 3.05) is 40.3 Å². The van der Waals surface area contributed by atoms with Crippen molar-refractivity contribution in [2.24, 2.45) is 0 Å². The Hall–Kier alpha value is -0.610. The number of carbonyl (C=O) groups is 1. The summed E-state index contributed by atoms with van der Waals surface area (Å²) in [6.45, 7) is 3.44. The van der Waals surface area contributed by atoms with Gasteiger partial charge in [0, 0.05) is 13.1 Å². The van der Waals surface area contributed by atoms with E-state index in [9.17, 15) is 4.79 Å². The highest BCUT2D eigenvalue weighted by molar-refractivity contribution is 5.78. The SMILES string of the molecule is CCN(CCO)C(=O)CN(C)C. The first-order valence-electron chi connectivity index (χ1n) is 4.15. The number of carbonyl (C=O) groups excluding carboxylic acids is 1. The summed E-state index contributed by atoms with van der Waals surface area (Å²) in [6, 6.07) is 0. The molecule has 4 nitrogen and oxygen atoms in total. The van der Waals surface area contributed by atoms with Gasteiger partial charge in [0.15, 0.2) is 0 Å². The van der Waals surface area contributed by atoms with Crippen LogP contribution in [0.3, 0.4) is 0 Å². The van der Waals surface area contributed by atoms with Gasteiger partial charge < -0.3 is 14.9 Å². The summed E-state index contributed by atoms with van der Waals surface area (Å²) >= 11 is 0. The molecule has 0 aromatic carbocycles. The van der Waals surface area contributed by atoms with Gasteiger partial charge in [0.25, 0.3) is 0 Å². The monoisotopic (exact) mass is 174 g/mol. The number of aliphatic hydroxyl groups excluding tert-OH is 1. The molecule has 0 aliphatic carbocycles. The van der Waals surface area contributed by atoms with Gasteiger partial charge in [0.2, 0.25) is 5.91 Å².